The van der Waals surface area contributed by atoms with Gasteiger partial charge >= 0.3 is 11.9 Å². The highest BCUT2D eigenvalue weighted by atomic mass is 16.7. The number of unbranched alkanes of at least 4 members (excludes halogenated alkanes) is 29. The normalized spacial score (nSPS) is 13.4. The molecule has 0 saturated heterocycles. The molecule has 0 N–H and O–H groups in total. The van der Waals surface area contributed by atoms with Crippen LogP contribution in [-0.2, 0) is 33.3 Å². The van der Waals surface area contributed by atoms with E-state index < -0.39 is 24.3 Å². The lowest BCUT2D eigenvalue weighted by atomic mass is 10.0. The average Bonchev–Trinajstić information content (AvgIpc) is 3.46. The number of carboxylic acid groups (broad SMARTS) is 1. The van der Waals surface area contributed by atoms with Crippen molar-refractivity contribution in [3.05, 3.63) is 109 Å². The maximum Gasteiger partial charge on any atom is 0.306 e. The number of carboxylic acids is 1. The van der Waals surface area contributed by atoms with Crippen LogP contribution in [0.15, 0.2) is 109 Å². The van der Waals surface area contributed by atoms with Crippen LogP contribution in [0.2, 0.25) is 0 Å². The van der Waals surface area contributed by atoms with Crippen molar-refractivity contribution in [1.29, 1.82) is 0 Å². The Kier molecular flexibility index (Phi) is 60.8. The van der Waals surface area contributed by atoms with Crippen LogP contribution >= 0.6 is 0 Å². The Morgan fingerprint density at radius 1 is 0.373 bits per heavy atom. The van der Waals surface area contributed by atoms with E-state index in [0.29, 0.717) is 17.4 Å². The molecule has 0 heterocycles. The lowest BCUT2D eigenvalue weighted by molar-refractivity contribution is -0.870. The maximum absolute atomic E-state index is 12.9. The van der Waals surface area contributed by atoms with Crippen molar-refractivity contribution in [2.75, 3.05) is 47.5 Å². The van der Waals surface area contributed by atoms with Crippen LogP contribution in [0, 0.1) is 0 Å². The molecule has 83 heavy (non-hydrogen) atoms. The molecule has 0 aliphatic carbocycles. The van der Waals surface area contributed by atoms with Gasteiger partial charge in [-0.15, -0.1) is 0 Å². The molecule has 9 heteroatoms. The molecule has 0 spiro atoms. The largest absolute Gasteiger partial charge is 0.545 e. The number of hydrogen-bond donors (Lipinski definition) is 0. The minimum Gasteiger partial charge on any atom is -0.545 e. The maximum atomic E-state index is 12.9. The van der Waals surface area contributed by atoms with Crippen molar-refractivity contribution >= 4 is 17.9 Å². The van der Waals surface area contributed by atoms with Crippen LogP contribution in [0.1, 0.15) is 284 Å². The number of nitrogens with zero attached hydrogens (tertiary/aromatic N) is 1. The molecule has 0 aromatic heterocycles. The molecule has 0 aromatic carbocycles. The van der Waals surface area contributed by atoms with Crippen LogP contribution < -0.4 is 5.11 Å². The van der Waals surface area contributed by atoms with E-state index in [1.165, 1.54) is 161 Å². The first-order valence-corrected chi connectivity index (χ1v) is 34.0. The summed E-state index contributed by atoms with van der Waals surface area (Å²) in [7, 11) is 5.93. The third-order valence-corrected chi connectivity index (χ3v) is 14.5. The Balaban J connectivity index is 4.10. The zero-order valence-electron chi connectivity index (χ0n) is 54.3. The molecule has 0 fully saturated rings. The third-order valence-electron chi connectivity index (χ3n) is 14.5. The van der Waals surface area contributed by atoms with E-state index in [0.717, 1.165) is 89.9 Å². The molecule has 2 unspecified atom stereocenters. The molecule has 476 valence electrons. The van der Waals surface area contributed by atoms with Crippen LogP contribution in [0.3, 0.4) is 0 Å². The van der Waals surface area contributed by atoms with E-state index in [4.69, 9.17) is 18.9 Å². The Morgan fingerprint density at radius 2 is 0.687 bits per heavy atom. The zero-order valence-corrected chi connectivity index (χ0v) is 54.3. The minimum atomic E-state index is -1.63. The molecule has 0 rings (SSSR count). The smallest absolute Gasteiger partial charge is 0.306 e. The van der Waals surface area contributed by atoms with E-state index in [-0.39, 0.29) is 38.6 Å². The van der Waals surface area contributed by atoms with E-state index in [1.807, 2.05) is 21.1 Å². The Bertz CT molecular complexity index is 1730. The lowest BCUT2D eigenvalue weighted by Gasteiger charge is -2.26. The van der Waals surface area contributed by atoms with E-state index in [9.17, 15) is 19.5 Å². The van der Waals surface area contributed by atoms with Crippen LogP contribution in [0.4, 0.5) is 0 Å². The predicted octanol–water partition coefficient (Wildman–Crippen LogP) is 19.7. The summed E-state index contributed by atoms with van der Waals surface area (Å²) in [6.45, 7) is 4.64. The fourth-order valence-corrected chi connectivity index (χ4v) is 9.31. The monoisotopic (exact) mass is 1160 g/mol. The molecule has 9 nitrogen and oxygen atoms in total. The summed E-state index contributed by atoms with van der Waals surface area (Å²) in [6, 6.07) is 0. The quantitative estimate of drug-likeness (QED) is 0.0195. The van der Waals surface area contributed by atoms with Gasteiger partial charge in [0.05, 0.1) is 40.3 Å². The number of likely N-dealkylation sites (N-methyl/N-ethyl adjacent to an activating group) is 1. The molecular formula is C74H127NO8. The van der Waals surface area contributed by atoms with Crippen molar-refractivity contribution in [2.24, 2.45) is 0 Å². The summed E-state index contributed by atoms with van der Waals surface area (Å²) in [5, 5.41) is 11.8. The highest BCUT2D eigenvalue weighted by molar-refractivity contribution is 5.70. The number of aliphatic carboxylic acids is 1. The molecule has 0 radical (unpaired) electrons. The van der Waals surface area contributed by atoms with Crippen molar-refractivity contribution in [2.45, 2.75) is 296 Å². The zero-order chi connectivity index (χ0) is 60.5. The summed E-state index contributed by atoms with van der Waals surface area (Å²) in [5.41, 5.74) is 0. The van der Waals surface area contributed by atoms with Gasteiger partial charge in [-0.1, -0.05) is 277 Å². The summed E-state index contributed by atoms with van der Waals surface area (Å²) in [6.07, 6.45) is 85.9. The van der Waals surface area contributed by atoms with Crippen molar-refractivity contribution < 1.29 is 42.9 Å². The van der Waals surface area contributed by atoms with Gasteiger partial charge in [-0.05, 0) is 103 Å². The van der Waals surface area contributed by atoms with Crippen LogP contribution in [0.5, 0.6) is 0 Å². The summed E-state index contributed by atoms with van der Waals surface area (Å²) in [5.74, 6) is -2.28. The number of rotatable bonds is 62. The highest BCUT2D eigenvalue weighted by Gasteiger charge is 2.22. The molecular weight excluding hydrogens is 1030 g/mol. The van der Waals surface area contributed by atoms with E-state index in [1.54, 1.807) is 0 Å². The summed E-state index contributed by atoms with van der Waals surface area (Å²) in [4.78, 5) is 37.4. The van der Waals surface area contributed by atoms with E-state index >= 15 is 0 Å². The Labute approximate surface area is 511 Å². The van der Waals surface area contributed by atoms with Gasteiger partial charge in [0.1, 0.15) is 13.2 Å². The molecule has 2 atom stereocenters. The molecule has 0 amide bonds. The van der Waals surface area contributed by atoms with Gasteiger partial charge in [-0.25, -0.2) is 0 Å². The van der Waals surface area contributed by atoms with Gasteiger partial charge in [0.2, 0.25) is 0 Å². The number of hydrogen-bond acceptors (Lipinski definition) is 8. The fourth-order valence-electron chi connectivity index (χ4n) is 9.31. The van der Waals surface area contributed by atoms with Gasteiger partial charge in [-0.2, -0.15) is 0 Å². The number of ether oxygens (including phenoxy) is 4. The number of quaternary nitrogens is 1. The lowest BCUT2D eigenvalue weighted by Crippen LogP contribution is -2.44. The Morgan fingerprint density at radius 3 is 1.04 bits per heavy atom. The van der Waals surface area contributed by atoms with Crippen molar-refractivity contribution in [3.8, 4) is 0 Å². The number of allylic oxidation sites excluding steroid dienone is 18. The predicted molar refractivity (Wildman–Crippen MR) is 352 cm³/mol. The number of carbonyl (C=O) groups excluding carboxylic acids is 3. The van der Waals surface area contributed by atoms with Gasteiger partial charge < -0.3 is 33.3 Å². The number of carbonyl (C=O) groups is 3. The van der Waals surface area contributed by atoms with Gasteiger partial charge in [0, 0.05) is 12.8 Å². The van der Waals surface area contributed by atoms with Gasteiger partial charge in [-0.3, -0.25) is 9.59 Å². The fraction of sp³-hybridized carbons (Fsp3) is 0.716. The molecule has 0 bridgehead atoms. The van der Waals surface area contributed by atoms with Crippen molar-refractivity contribution in [3.63, 3.8) is 0 Å². The van der Waals surface area contributed by atoms with Gasteiger partial charge in [0.15, 0.2) is 12.4 Å². The molecule has 0 saturated carbocycles. The standard InChI is InChI=1S/C74H127NO8/c1-6-8-10-12-14-16-18-20-22-24-26-27-28-29-30-31-32-33-34-35-36-37-38-39-40-41-42-43-44-45-47-49-51-53-55-57-59-61-63-65-72(77)83-70(69-82-74(73(78)79)80-67-66-75(3,4)5)68-81-71(76)64-62-60-58-56-54-52-50-48-46-25-23-21-19-17-15-13-11-9-7-2/h8,10,14,16,20-23,26-27,29-30,32-33,35-36,38-39,70,74H,6-7,9,11-13,15,17-19,24-25,28,31,34,37,40-69H2,1-5H3/b10-8-,16-14-,22-20-,23-21-,27-26-,30-29-,33-32-,36-35-,39-38-. The first-order chi connectivity index (χ1) is 40.6. The average molecular weight is 1160 g/mol. The highest BCUT2D eigenvalue weighted by Crippen LogP contribution is 2.17. The van der Waals surface area contributed by atoms with Crippen LogP contribution in [-0.4, -0.2) is 82.3 Å². The van der Waals surface area contributed by atoms with Crippen molar-refractivity contribution in [1.82, 2.24) is 0 Å². The molecule has 0 aliphatic rings. The molecule has 0 aromatic rings. The number of esters is 2. The topological polar surface area (TPSA) is 111 Å². The third kappa shape index (κ3) is 65.3. The molecule has 0 aliphatic heterocycles. The first-order valence-electron chi connectivity index (χ1n) is 34.0. The Hall–Kier alpha value is -4.05. The van der Waals surface area contributed by atoms with Gasteiger partial charge in [0.25, 0.3) is 0 Å². The second-order valence-corrected chi connectivity index (χ2v) is 23.7. The summed E-state index contributed by atoms with van der Waals surface area (Å²) >= 11 is 0. The summed E-state index contributed by atoms with van der Waals surface area (Å²) < 4.78 is 22.8. The second kappa shape index (κ2) is 64.0. The second-order valence-electron chi connectivity index (χ2n) is 23.7. The van der Waals surface area contributed by atoms with E-state index in [2.05, 4.69) is 123 Å². The first kappa shape index (κ1) is 79.0. The SMILES string of the molecule is CC/C=C\C/C=C\C/C=C\C/C=C\C/C=C\C/C=C\C/C=C\C/C=C\CCCCCCCCCCCCCCCCC(=O)OC(COC(=O)CCCCCCCCCCC/C=C\CCCCCCCC)COC(OCC[N+](C)(C)C)C(=O)[O-]. The van der Waals surface area contributed by atoms with Crippen LogP contribution in [0.25, 0.3) is 0 Å². The minimum absolute atomic E-state index is 0.144.